The number of Topliss-reactive ketones (excluding diaryl/α,β-unsaturated/α-hetero) is 2. The summed E-state index contributed by atoms with van der Waals surface area (Å²) in [7, 11) is 6.03. The maximum atomic E-state index is 16.1. The van der Waals surface area contributed by atoms with E-state index in [4.69, 9.17) is 27.9 Å². The van der Waals surface area contributed by atoms with Crippen LogP contribution in [0.1, 0.15) is 86.8 Å². The van der Waals surface area contributed by atoms with E-state index in [0.717, 1.165) is 11.3 Å². The number of ketones is 2. The zero-order valence-corrected chi connectivity index (χ0v) is 36.5. The van der Waals surface area contributed by atoms with Gasteiger partial charge in [-0.25, -0.2) is 4.79 Å². The fourth-order valence-electron chi connectivity index (χ4n) is 8.44. The van der Waals surface area contributed by atoms with Crippen LogP contribution in [0.25, 0.3) is 5.76 Å². The Bertz CT molecular complexity index is 2090. The molecular formula is C43H57N3O10Si. The first kappa shape index (κ1) is 42.1. The summed E-state index contributed by atoms with van der Waals surface area (Å²) in [4.78, 5) is 48.7. The van der Waals surface area contributed by atoms with Crippen LogP contribution >= 0.6 is 0 Å². The van der Waals surface area contributed by atoms with Crippen molar-refractivity contribution in [1.29, 1.82) is 0 Å². The number of anilines is 1. The summed E-state index contributed by atoms with van der Waals surface area (Å²) < 4.78 is 36.7. The van der Waals surface area contributed by atoms with E-state index < -0.39 is 65.4 Å². The molecular weight excluding hydrogens is 747 g/mol. The lowest BCUT2D eigenvalue weighted by Gasteiger charge is -2.58. The fourth-order valence-corrected chi connectivity index (χ4v) is 9.88. The lowest BCUT2D eigenvalue weighted by Crippen LogP contribution is -2.70. The number of aromatic nitrogens is 1. The molecule has 2 aromatic carbocycles. The minimum Gasteiger partial charge on any atom is -0.507 e. The Morgan fingerprint density at radius 1 is 0.982 bits per heavy atom. The molecule has 0 radical (unpaired) electrons. The summed E-state index contributed by atoms with van der Waals surface area (Å²) in [5.74, 6) is -2.30. The van der Waals surface area contributed by atoms with Gasteiger partial charge in [0.05, 0.1) is 23.8 Å². The second-order valence-electron chi connectivity index (χ2n) is 18.5. The molecule has 0 aliphatic heterocycles. The largest absolute Gasteiger partial charge is 0.514 e. The molecule has 0 saturated heterocycles. The molecule has 0 bridgehead atoms. The van der Waals surface area contributed by atoms with Gasteiger partial charge in [0.1, 0.15) is 29.3 Å². The average Bonchev–Trinajstić information content (AvgIpc) is 3.51. The SMILES string of the molecule is COC[C@@]12Cc3c(N(C)C)ccc(OC(=O)OC(C)(C)C)c3C(O)=C1C(=O)[C@]1(O[Si](C)(C)C(C)(C)C)C(=O)c3c(OCc4ccccc4)noc3[C@@H](N(C)C)[C@@H]1C2. The summed E-state index contributed by atoms with van der Waals surface area (Å²) in [6.45, 7) is 15.4. The molecule has 6 rings (SSSR count). The highest BCUT2D eigenvalue weighted by molar-refractivity contribution is 6.74. The van der Waals surface area contributed by atoms with Crippen LogP contribution in [0.4, 0.5) is 10.5 Å². The molecule has 1 heterocycles. The lowest BCUT2D eigenvalue weighted by molar-refractivity contribution is -0.145. The number of hydrogen-bond acceptors (Lipinski definition) is 13. The van der Waals surface area contributed by atoms with E-state index in [-0.39, 0.29) is 60.1 Å². The van der Waals surface area contributed by atoms with Crippen molar-refractivity contribution in [2.24, 2.45) is 11.3 Å². The summed E-state index contributed by atoms with van der Waals surface area (Å²) in [5, 5.41) is 16.6. The summed E-state index contributed by atoms with van der Waals surface area (Å²) in [5.41, 5.74) is -1.73. The topological polar surface area (TPSA) is 150 Å². The van der Waals surface area contributed by atoms with Gasteiger partial charge in [0.15, 0.2) is 19.7 Å². The van der Waals surface area contributed by atoms with Gasteiger partial charge in [-0.05, 0) is 94.3 Å². The number of benzene rings is 2. The van der Waals surface area contributed by atoms with Crippen molar-refractivity contribution in [3.8, 4) is 11.6 Å². The second-order valence-corrected chi connectivity index (χ2v) is 23.2. The Morgan fingerprint density at radius 2 is 1.65 bits per heavy atom. The molecule has 13 nitrogen and oxygen atoms in total. The number of aliphatic hydroxyl groups excluding tert-OH is 1. The molecule has 14 heteroatoms. The minimum atomic E-state index is -3.00. The summed E-state index contributed by atoms with van der Waals surface area (Å²) in [6, 6.07) is 12.2. The van der Waals surface area contributed by atoms with Crippen molar-refractivity contribution in [2.45, 2.75) is 96.4 Å². The van der Waals surface area contributed by atoms with Gasteiger partial charge in [-0.1, -0.05) is 51.1 Å². The van der Waals surface area contributed by atoms with Gasteiger partial charge in [-0.15, -0.1) is 0 Å². The molecule has 0 amide bonds. The van der Waals surface area contributed by atoms with Gasteiger partial charge in [-0.2, -0.15) is 0 Å². The summed E-state index contributed by atoms with van der Waals surface area (Å²) in [6.07, 6.45) is -0.587. The molecule has 57 heavy (non-hydrogen) atoms. The Hall–Kier alpha value is -4.50. The molecule has 0 spiro atoms. The van der Waals surface area contributed by atoms with Gasteiger partial charge in [0.2, 0.25) is 11.6 Å². The van der Waals surface area contributed by atoms with Crippen molar-refractivity contribution in [3.05, 3.63) is 76.1 Å². The number of nitrogens with zero attached hydrogens (tertiary/aromatic N) is 3. The number of carbonyl (C=O) groups excluding carboxylic acids is 3. The molecule has 1 fully saturated rings. The first-order valence-corrected chi connectivity index (χ1v) is 22.2. The monoisotopic (exact) mass is 803 g/mol. The lowest BCUT2D eigenvalue weighted by atomic mass is 9.51. The van der Waals surface area contributed by atoms with Crippen LogP contribution in [0.2, 0.25) is 18.1 Å². The standard InChI is InChI=1S/C43H57N3O10Si/c1-40(2,3)54-39(50)53-29-20-19-28(45(7)8)26-21-42(24-51-11)22-27-33(46(9)10)35-31(38(44-55-35)52-23-25-17-15-14-16-18-25)36(48)43(27,56-57(12,13)41(4,5)6)37(49)32(42)34(47)30(26)29/h14-20,27,33,47H,21-24H2,1-13H3/t27-,33-,42-,43+/m0/s1. The number of hydrogen-bond donors (Lipinski definition) is 1. The molecule has 1 saturated carbocycles. The van der Waals surface area contributed by atoms with E-state index >= 15 is 9.59 Å². The van der Waals surface area contributed by atoms with E-state index in [1.807, 2.05) is 102 Å². The normalized spacial score (nSPS) is 23.4. The van der Waals surface area contributed by atoms with Crippen LogP contribution < -0.4 is 14.4 Å². The van der Waals surface area contributed by atoms with Crippen molar-refractivity contribution in [1.82, 2.24) is 10.1 Å². The Labute approximate surface area is 336 Å². The van der Waals surface area contributed by atoms with Crippen LogP contribution in [0.3, 0.4) is 0 Å². The van der Waals surface area contributed by atoms with Gasteiger partial charge in [-0.3, -0.25) is 14.5 Å². The smallest absolute Gasteiger partial charge is 0.507 e. The van der Waals surface area contributed by atoms with Gasteiger partial charge >= 0.3 is 6.16 Å². The van der Waals surface area contributed by atoms with Gasteiger partial charge in [0, 0.05) is 38.2 Å². The number of carbonyl (C=O) groups is 3. The third kappa shape index (κ3) is 7.19. The van der Waals surface area contributed by atoms with E-state index in [1.54, 1.807) is 40.0 Å². The van der Waals surface area contributed by atoms with Crippen molar-refractivity contribution in [3.63, 3.8) is 0 Å². The van der Waals surface area contributed by atoms with E-state index in [2.05, 4.69) is 5.16 Å². The molecule has 1 N–H and O–H groups in total. The highest BCUT2D eigenvalue weighted by Gasteiger charge is 2.71. The highest BCUT2D eigenvalue weighted by Crippen LogP contribution is 2.63. The second kappa shape index (κ2) is 14.7. The van der Waals surface area contributed by atoms with E-state index in [9.17, 15) is 9.90 Å². The minimum absolute atomic E-state index is 0.00853. The predicted molar refractivity (Wildman–Crippen MR) is 217 cm³/mol. The third-order valence-electron chi connectivity index (χ3n) is 11.8. The predicted octanol–water partition coefficient (Wildman–Crippen LogP) is 7.94. The van der Waals surface area contributed by atoms with E-state index in [0.29, 0.717) is 5.56 Å². The molecule has 3 aromatic rings. The molecule has 3 aliphatic carbocycles. The van der Waals surface area contributed by atoms with Crippen LogP contribution in [0.15, 0.2) is 52.6 Å². The number of aliphatic hydroxyl groups is 1. The molecule has 308 valence electrons. The first-order chi connectivity index (χ1) is 26.5. The highest BCUT2D eigenvalue weighted by atomic mass is 28.4. The zero-order chi connectivity index (χ0) is 42.0. The zero-order valence-electron chi connectivity index (χ0n) is 35.5. The van der Waals surface area contributed by atoms with E-state index in [1.165, 1.54) is 0 Å². The third-order valence-corrected chi connectivity index (χ3v) is 16.3. The summed E-state index contributed by atoms with van der Waals surface area (Å²) >= 11 is 0. The number of fused-ring (bicyclic) bond motifs is 4. The maximum absolute atomic E-state index is 16.1. The molecule has 0 unspecified atom stereocenters. The molecule has 1 aromatic heterocycles. The van der Waals surface area contributed by atoms with Crippen molar-refractivity contribution in [2.75, 3.05) is 46.8 Å². The van der Waals surface area contributed by atoms with Crippen molar-refractivity contribution < 1.29 is 47.4 Å². The average molecular weight is 804 g/mol. The quantitative estimate of drug-likeness (QED) is 0.0915. The molecule has 3 aliphatic rings. The van der Waals surface area contributed by atoms with Gasteiger partial charge < -0.3 is 37.9 Å². The van der Waals surface area contributed by atoms with Crippen LogP contribution in [0, 0.1) is 11.3 Å². The number of ether oxygens (including phenoxy) is 4. The fraction of sp³-hybridized carbons (Fsp3) is 0.535. The van der Waals surface area contributed by atoms with Crippen LogP contribution in [0.5, 0.6) is 11.6 Å². The Morgan fingerprint density at radius 3 is 2.23 bits per heavy atom. The Kier molecular flexibility index (Phi) is 10.9. The maximum Gasteiger partial charge on any atom is 0.514 e. The van der Waals surface area contributed by atoms with Crippen LogP contribution in [-0.4, -0.2) is 94.3 Å². The van der Waals surface area contributed by atoms with Crippen molar-refractivity contribution >= 4 is 37.5 Å². The number of rotatable bonds is 10. The Balaban J connectivity index is 1.64. The van der Waals surface area contributed by atoms with Crippen LogP contribution in [-0.2, 0) is 31.7 Å². The van der Waals surface area contributed by atoms with Gasteiger partial charge in [0.25, 0.3) is 5.88 Å². The number of methoxy groups -OCH3 is 1. The first-order valence-electron chi connectivity index (χ1n) is 19.3. The molecule has 4 atom stereocenters.